The van der Waals surface area contributed by atoms with Gasteiger partial charge in [0.2, 0.25) is 0 Å². The number of fused-ring (bicyclic) bond motifs is 14. The fourth-order valence-corrected chi connectivity index (χ4v) is 9.54. The molecular weight excluding hydrogens is 766 g/mol. The third kappa shape index (κ3) is 5.66. The molecule has 10 heteroatoms. The predicted molar refractivity (Wildman–Crippen MR) is 226 cm³/mol. The quantitative estimate of drug-likeness (QED) is 0.115. The van der Waals surface area contributed by atoms with E-state index in [1.807, 2.05) is 97.1 Å². The minimum Gasteiger partial charge on any atom is -0.393 e. The van der Waals surface area contributed by atoms with Gasteiger partial charge in [-0.15, -0.1) is 12.8 Å². The van der Waals surface area contributed by atoms with Gasteiger partial charge < -0.3 is 18.1 Å². The van der Waals surface area contributed by atoms with E-state index in [0.717, 1.165) is 32.3 Å². The minimum absolute atomic E-state index is 0.0194. The number of phosphoric ester groups is 2. The summed E-state index contributed by atoms with van der Waals surface area (Å²) in [6.07, 6.45) is 11.8. The van der Waals surface area contributed by atoms with Crippen molar-refractivity contribution in [1.29, 1.82) is 0 Å². The minimum atomic E-state index is -4.80. The standard InChI is InChI=1S/C48H24O8P2/c1-3-29-25-31-15-7-11-21-37(31)41-43-39-23-13-9-17-33(39)27-35(47(43)55-57(49,50)53-45(29)41)19-5-6-20-36-28-34-18-10-14-24-40(34)44-42-38-22-12-8-16-32(38)26-30(4-2)46(42)54-58(51,52)56-48(36)44/h1-2,7-18,21-28H,(H,49,50)(H,51,52). The summed E-state index contributed by atoms with van der Waals surface area (Å²) in [6.45, 7) is 0. The lowest BCUT2D eigenvalue weighted by Gasteiger charge is -2.15. The Morgan fingerprint density at radius 1 is 0.414 bits per heavy atom. The second-order valence-corrected chi connectivity index (χ2v) is 16.1. The van der Waals surface area contributed by atoms with Gasteiger partial charge in [-0.1, -0.05) is 109 Å². The molecule has 2 aliphatic heterocycles. The Morgan fingerprint density at radius 2 is 0.672 bits per heavy atom. The van der Waals surface area contributed by atoms with Crippen molar-refractivity contribution in [3.63, 3.8) is 0 Å². The number of phosphoric acid groups is 2. The Morgan fingerprint density at radius 3 is 0.966 bits per heavy atom. The largest absolute Gasteiger partial charge is 0.585 e. The van der Waals surface area contributed by atoms with Gasteiger partial charge in [0.15, 0.2) is 23.0 Å². The Bertz CT molecular complexity index is 3260. The van der Waals surface area contributed by atoms with Gasteiger partial charge in [-0.25, -0.2) is 9.13 Å². The van der Waals surface area contributed by atoms with Crippen molar-refractivity contribution in [1.82, 2.24) is 0 Å². The van der Waals surface area contributed by atoms with Crippen molar-refractivity contribution in [2.24, 2.45) is 0 Å². The van der Waals surface area contributed by atoms with E-state index >= 15 is 0 Å². The zero-order valence-electron chi connectivity index (χ0n) is 29.9. The predicted octanol–water partition coefficient (Wildman–Crippen LogP) is 10.7. The van der Waals surface area contributed by atoms with Gasteiger partial charge in [-0.2, -0.15) is 0 Å². The van der Waals surface area contributed by atoms with Gasteiger partial charge in [0.05, 0.1) is 22.3 Å². The summed E-state index contributed by atoms with van der Waals surface area (Å²) in [4.78, 5) is 22.2. The fourth-order valence-electron chi connectivity index (χ4n) is 7.78. The summed E-state index contributed by atoms with van der Waals surface area (Å²) in [5.74, 6) is 17.2. The van der Waals surface area contributed by atoms with E-state index in [4.69, 9.17) is 30.9 Å². The Balaban J connectivity index is 1.21. The first kappa shape index (κ1) is 35.1. The highest BCUT2D eigenvalue weighted by Crippen LogP contribution is 2.60. The Hall–Kier alpha value is -7.38. The van der Waals surface area contributed by atoms with Crippen LogP contribution in [0.3, 0.4) is 0 Å². The molecule has 2 unspecified atom stereocenters. The third-order valence-electron chi connectivity index (χ3n) is 10.1. The molecule has 8 aromatic rings. The van der Waals surface area contributed by atoms with Crippen LogP contribution in [0.15, 0.2) is 121 Å². The summed E-state index contributed by atoms with van der Waals surface area (Å²) >= 11 is 0. The van der Waals surface area contributed by atoms with Gasteiger partial charge >= 0.3 is 15.6 Å². The van der Waals surface area contributed by atoms with Crippen LogP contribution in [0.25, 0.3) is 65.3 Å². The SMILES string of the molecule is C#Cc1cc2ccccc2c2c1OP(=O)(O)Oc1c(C#CC#Cc3cc4ccccc4c4c3OP(=O)(O)Oc3c(C#C)cc5ccccc5c3-4)cc3ccccc3c1-2. The molecule has 8 nitrogen and oxygen atoms in total. The number of hydrogen-bond donors (Lipinski definition) is 2. The van der Waals surface area contributed by atoms with Crippen LogP contribution in [-0.2, 0) is 9.13 Å². The average molecular weight is 791 g/mol. The van der Waals surface area contributed by atoms with E-state index in [9.17, 15) is 18.9 Å². The summed E-state index contributed by atoms with van der Waals surface area (Å²) in [7, 11) is -9.60. The van der Waals surface area contributed by atoms with E-state index in [1.54, 1.807) is 24.3 Å². The van der Waals surface area contributed by atoms with Crippen LogP contribution in [0.2, 0.25) is 0 Å². The van der Waals surface area contributed by atoms with Crippen molar-refractivity contribution in [3.8, 4) is 93.6 Å². The average Bonchev–Trinajstić information content (AvgIpc) is 3.44. The fraction of sp³-hybridized carbons (Fsp3) is 0. The normalized spacial score (nSPS) is 17.3. The van der Waals surface area contributed by atoms with E-state index in [2.05, 4.69) is 35.5 Å². The second-order valence-electron chi connectivity index (χ2n) is 13.5. The molecule has 0 saturated carbocycles. The molecule has 0 saturated heterocycles. The van der Waals surface area contributed by atoms with Crippen LogP contribution in [0.1, 0.15) is 22.3 Å². The molecule has 2 atom stereocenters. The highest BCUT2D eigenvalue weighted by molar-refractivity contribution is 7.48. The van der Waals surface area contributed by atoms with Crippen LogP contribution >= 0.6 is 15.6 Å². The van der Waals surface area contributed by atoms with Crippen molar-refractivity contribution in [2.45, 2.75) is 0 Å². The smallest absolute Gasteiger partial charge is 0.393 e. The molecule has 2 heterocycles. The molecule has 8 aromatic carbocycles. The van der Waals surface area contributed by atoms with E-state index in [-0.39, 0.29) is 45.3 Å². The van der Waals surface area contributed by atoms with Crippen LogP contribution in [-0.4, -0.2) is 9.79 Å². The molecule has 0 aliphatic carbocycles. The highest BCUT2D eigenvalue weighted by atomic mass is 31.2. The van der Waals surface area contributed by atoms with Gasteiger partial charge in [0.1, 0.15) is 0 Å². The lowest BCUT2D eigenvalue weighted by atomic mass is 9.89. The number of benzene rings is 8. The van der Waals surface area contributed by atoms with Gasteiger partial charge in [0, 0.05) is 22.3 Å². The maximum atomic E-state index is 13.6. The summed E-state index contributed by atoms with van der Waals surface area (Å²) in [5.41, 5.74) is 3.03. The second kappa shape index (κ2) is 13.1. The zero-order valence-corrected chi connectivity index (χ0v) is 31.7. The van der Waals surface area contributed by atoms with Crippen molar-refractivity contribution in [2.75, 3.05) is 0 Å². The molecule has 2 aliphatic rings. The third-order valence-corrected chi connectivity index (χ3v) is 11.8. The number of hydrogen-bond acceptors (Lipinski definition) is 6. The first-order chi connectivity index (χ1) is 28.1. The van der Waals surface area contributed by atoms with Crippen molar-refractivity contribution >= 4 is 58.7 Å². The lowest BCUT2D eigenvalue weighted by Crippen LogP contribution is -2.00. The molecule has 0 bridgehead atoms. The maximum Gasteiger partial charge on any atom is 0.585 e. The first-order valence-corrected chi connectivity index (χ1v) is 20.7. The van der Waals surface area contributed by atoms with Crippen LogP contribution in [0.5, 0.6) is 23.0 Å². The molecule has 58 heavy (non-hydrogen) atoms. The van der Waals surface area contributed by atoms with E-state index < -0.39 is 15.6 Å². The topological polar surface area (TPSA) is 112 Å². The van der Waals surface area contributed by atoms with Crippen LogP contribution < -0.4 is 18.1 Å². The van der Waals surface area contributed by atoms with Crippen LogP contribution in [0.4, 0.5) is 0 Å². The van der Waals surface area contributed by atoms with E-state index in [0.29, 0.717) is 33.0 Å². The van der Waals surface area contributed by atoms with Gasteiger partial charge in [0.25, 0.3) is 0 Å². The molecule has 0 radical (unpaired) electrons. The highest BCUT2D eigenvalue weighted by Gasteiger charge is 2.38. The maximum absolute atomic E-state index is 13.6. The Kier molecular flexibility index (Phi) is 7.92. The van der Waals surface area contributed by atoms with Gasteiger partial charge in [-0.05, 0) is 91.0 Å². The van der Waals surface area contributed by atoms with Crippen molar-refractivity contribution < 1.29 is 37.0 Å². The first-order valence-electron chi connectivity index (χ1n) is 17.8. The molecule has 0 fully saturated rings. The van der Waals surface area contributed by atoms with Gasteiger partial charge in [-0.3, -0.25) is 9.79 Å². The molecule has 2 N–H and O–H groups in total. The molecule has 10 rings (SSSR count). The molecule has 0 aromatic heterocycles. The molecule has 274 valence electrons. The van der Waals surface area contributed by atoms with E-state index in [1.165, 1.54) is 0 Å². The zero-order chi connectivity index (χ0) is 39.8. The van der Waals surface area contributed by atoms with Crippen LogP contribution in [0, 0.1) is 48.4 Å². The summed E-state index contributed by atoms with van der Waals surface area (Å²) in [5, 5.41) is 6.01. The van der Waals surface area contributed by atoms with Crippen molar-refractivity contribution in [3.05, 3.63) is 144 Å². The lowest BCUT2D eigenvalue weighted by molar-refractivity contribution is 0.292. The monoisotopic (exact) mass is 790 g/mol. The number of rotatable bonds is 0. The summed E-state index contributed by atoms with van der Waals surface area (Å²) < 4.78 is 50.3. The number of terminal acetylenes is 2. The summed E-state index contributed by atoms with van der Waals surface area (Å²) in [6, 6.07) is 37.0. The molecular formula is C48H24O8P2. The molecule has 0 amide bonds. The Labute approximate surface area is 331 Å². The molecule has 0 spiro atoms.